The van der Waals surface area contributed by atoms with Gasteiger partial charge in [0.05, 0.1) is 12.2 Å². The maximum absolute atomic E-state index is 11.3. The molecule has 5 nitrogen and oxygen atoms in total. The summed E-state index contributed by atoms with van der Waals surface area (Å²) in [5.41, 5.74) is 6.39. The third-order valence-corrected chi connectivity index (χ3v) is 3.93. The summed E-state index contributed by atoms with van der Waals surface area (Å²) in [6.45, 7) is 4.06. The molecule has 0 aromatic carbocycles. The normalized spacial score (nSPS) is 15.5. The smallest absolute Gasteiger partial charge is 0.231 e. The van der Waals surface area contributed by atoms with E-state index >= 15 is 0 Å². The Kier molecular flexibility index (Phi) is 5.99. The number of rotatable bonds is 8. The van der Waals surface area contributed by atoms with Crippen molar-refractivity contribution in [2.45, 2.75) is 51.6 Å². The Morgan fingerprint density at radius 2 is 2.19 bits per heavy atom. The average molecular weight is 290 g/mol. The Balaban J connectivity index is 2.02. The molecule has 0 unspecified atom stereocenters. The second kappa shape index (κ2) is 7.98. The van der Waals surface area contributed by atoms with E-state index in [2.05, 4.69) is 22.1 Å². The van der Waals surface area contributed by atoms with E-state index in [1.807, 2.05) is 18.2 Å². The molecule has 1 aromatic rings. The number of pyridine rings is 1. The summed E-state index contributed by atoms with van der Waals surface area (Å²) in [5.74, 6) is 0.641. The van der Waals surface area contributed by atoms with E-state index in [9.17, 15) is 4.79 Å². The van der Waals surface area contributed by atoms with E-state index < -0.39 is 0 Å². The zero-order valence-corrected chi connectivity index (χ0v) is 12.8. The lowest BCUT2D eigenvalue weighted by Gasteiger charge is -2.27. The molecule has 0 radical (unpaired) electrons. The van der Waals surface area contributed by atoms with Crippen LogP contribution in [0.15, 0.2) is 18.2 Å². The van der Waals surface area contributed by atoms with Crippen LogP contribution in [0.5, 0.6) is 0 Å². The fourth-order valence-corrected chi connectivity index (χ4v) is 2.91. The molecule has 21 heavy (non-hydrogen) atoms. The Morgan fingerprint density at radius 3 is 2.86 bits per heavy atom. The van der Waals surface area contributed by atoms with Crippen LogP contribution in [0.2, 0.25) is 0 Å². The van der Waals surface area contributed by atoms with Crippen molar-refractivity contribution in [2.75, 3.05) is 18.4 Å². The molecule has 1 amide bonds. The van der Waals surface area contributed by atoms with Crippen molar-refractivity contribution in [2.24, 2.45) is 5.73 Å². The standard InChI is InChI=1S/C16H26N4O/c1-2-10-18-16-9-5-6-13(19-16)11-20(12-15(17)21)14-7-3-4-8-14/h5-6,9,14H,2-4,7-8,10-12H2,1H3,(H2,17,21)(H,18,19). The van der Waals surface area contributed by atoms with Gasteiger partial charge < -0.3 is 11.1 Å². The van der Waals surface area contributed by atoms with Gasteiger partial charge in [-0.2, -0.15) is 0 Å². The highest BCUT2D eigenvalue weighted by molar-refractivity contribution is 5.75. The highest BCUT2D eigenvalue weighted by Gasteiger charge is 2.24. The van der Waals surface area contributed by atoms with Crippen molar-refractivity contribution >= 4 is 11.7 Å². The van der Waals surface area contributed by atoms with Gasteiger partial charge in [0.15, 0.2) is 0 Å². The summed E-state index contributed by atoms with van der Waals surface area (Å²) in [6, 6.07) is 6.47. The van der Waals surface area contributed by atoms with Crippen LogP contribution >= 0.6 is 0 Å². The van der Waals surface area contributed by atoms with Crippen molar-refractivity contribution in [3.05, 3.63) is 23.9 Å². The molecule has 116 valence electrons. The van der Waals surface area contributed by atoms with E-state index in [1.165, 1.54) is 12.8 Å². The average Bonchev–Trinajstić information content (AvgIpc) is 2.98. The maximum Gasteiger partial charge on any atom is 0.231 e. The van der Waals surface area contributed by atoms with Gasteiger partial charge in [0, 0.05) is 19.1 Å². The Labute approximate surface area is 126 Å². The van der Waals surface area contributed by atoms with Gasteiger partial charge in [-0.3, -0.25) is 9.69 Å². The topological polar surface area (TPSA) is 71.2 Å². The van der Waals surface area contributed by atoms with Gasteiger partial charge in [-0.25, -0.2) is 4.98 Å². The lowest BCUT2D eigenvalue weighted by atomic mass is 10.2. The van der Waals surface area contributed by atoms with Crippen LogP contribution < -0.4 is 11.1 Å². The number of hydrogen-bond donors (Lipinski definition) is 2. The Morgan fingerprint density at radius 1 is 1.43 bits per heavy atom. The predicted molar refractivity (Wildman–Crippen MR) is 84.9 cm³/mol. The van der Waals surface area contributed by atoms with Gasteiger partial charge in [0.2, 0.25) is 5.91 Å². The van der Waals surface area contributed by atoms with E-state index in [0.29, 0.717) is 19.1 Å². The number of amides is 1. The van der Waals surface area contributed by atoms with Crippen LogP contribution in [-0.2, 0) is 11.3 Å². The van der Waals surface area contributed by atoms with Crippen LogP contribution in [0.3, 0.4) is 0 Å². The van der Waals surface area contributed by atoms with Crippen molar-refractivity contribution < 1.29 is 4.79 Å². The summed E-state index contributed by atoms with van der Waals surface area (Å²) in [5, 5.41) is 3.30. The number of carbonyl (C=O) groups excluding carboxylic acids is 1. The molecule has 0 saturated heterocycles. The SMILES string of the molecule is CCCNc1cccc(CN(CC(N)=O)C2CCCC2)n1. The van der Waals surface area contributed by atoms with Crippen LogP contribution in [0.4, 0.5) is 5.82 Å². The minimum atomic E-state index is -0.262. The first kappa shape index (κ1) is 15.8. The van der Waals surface area contributed by atoms with Gasteiger partial charge in [0.25, 0.3) is 0 Å². The largest absolute Gasteiger partial charge is 0.370 e. The molecular weight excluding hydrogens is 264 g/mol. The molecule has 1 heterocycles. The first-order valence-corrected chi connectivity index (χ1v) is 7.91. The van der Waals surface area contributed by atoms with Gasteiger partial charge in [-0.15, -0.1) is 0 Å². The number of nitrogens with one attached hydrogen (secondary N) is 1. The van der Waals surface area contributed by atoms with Gasteiger partial charge in [0.1, 0.15) is 5.82 Å². The fourth-order valence-electron chi connectivity index (χ4n) is 2.91. The number of nitrogens with two attached hydrogens (primary N) is 1. The summed E-state index contributed by atoms with van der Waals surface area (Å²) >= 11 is 0. The molecule has 0 bridgehead atoms. The quantitative estimate of drug-likeness (QED) is 0.769. The second-order valence-electron chi connectivity index (χ2n) is 5.75. The van der Waals surface area contributed by atoms with Crippen LogP contribution in [0.1, 0.15) is 44.7 Å². The van der Waals surface area contributed by atoms with Crippen LogP contribution in [0.25, 0.3) is 0 Å². The zero-order chi connectivity index (χ0) is 15.1. The number of primary amides is 1. The molecule has 1 saturated carbocycles. The van der Waals surface area contributed by atoms with Crippen molar-refractivity contribution in [3.8, 4) is 0 Å². The molecule has 1 aliphatic carbocycles. The van der Waals surface area contributed by atoms with Gasteiger partial charge in [-0.05, 0) is 31.4 Å². The van der Waals surface area contributed by atoms with Crippen LogP contribution in [0, 0.1) is 0 Å². The summed E-state index contributed by atoms with van der Waals surface area (Å²) < 4.78 is 0. The summed E-state index contributed by atoms with van der Waals surface area (Å²) in [4.78, 5) is 18.1. The molecule has 1 aromatic heterocycles. The molecule has 1 aliphatic rings. The van der Waals surface area contributed by atoms with E-state index in [-0.39, 0.29) is 5.91 Å². The van der Waals surface area contributed by atoms with E-state index in [1.54, 1.807) is 0 Å². The second-order valence-corrected chi connectivity index (χ2v) is 5.75. The third kappa shape index (κ3) is 5.01. The monoisotopic (exact) mass is 290 g/mol. The number of hydrogen-bond acceptors (Lipinski definition) is 4. The molecule has 1 fully saturated rings. The number of anilines is 1. The Hall–Kier alpha value is -1.62. The highest BCUT2D eigenvalue weighted by atomic mass is 16.1. The third-order valence-electron chi connectivity index (χ3n) is 3.93. The minimum Gasteiger partial charge on any atom is -0.370 e. The molecular formula is C16H26N4O. The van der Waals surface area contributed by atoms with E-state index in [4.69, 9.17) is 5.73 Å². The van der Waals surface area contributed by atoms with Crippen molar-refractivity contribution in [1.29, 1.82) is 0 Å². The van der Waals surface area contributed by atoms with Crippen LogP contribution in [-0.4, -0.2) is 34.9 Å². The zero-order valence-electron chi connectivity index (χ0n) is 12.8. The van der Waals surface area contributed by atoms with E-state index in [0.717, 1.165) is 37.3 Å². The first-order valence-electron chi connectivity index (χ1n) is 7.91. The van der Waals surface area contributed by atoms with Crippen molar-refractivity contribution in [3.63, 3.8) is 0 Å². The fraction of sp³-hybridized carbons (Fsp3) is 0.625. The molecule has 0 spiro atoms. The summed E-state index contributed by atoms with van der Waals surface area (Å²) in [6.07, 6.45) is 5.86. The lowest BCUT2D eigenvalue weighted by Crippen LogP contribution is -2.39. The van der Waals surface area contributed by atoms with Gasteiger partial charge >= 0.3 is 0 Å². The number of nitrogens with zero attached hydrogens (tertiary/aromatic N) is 2. The molecule has 0 aliphatic heterocycles. The molecule has 3 N–H and O–H groups in total. The highest BCUT2D eigenvalue weighted by Crippen LogP contribution is 2.24. The minimum absolute atomic E-state index is 0.262. The Bertz CT molecular complexity index is 457. The van der Waals surface area contributed by atoms with Gasteiger partial charge in [-0.1, -0.05) is 25.8 Å². The summed E-state index contributed by atoms with van der Waals surface area (Å²) in [7, 11) is 0. The first-order chi connectivity index (χ1) is 10.2. The van der Waals surface area contributed by atoms with Crippen molar-refractivity contribution in [1.82, 2.24) is 9.88 Å². The predicted octanol–water partition coefficient (Wildman–Crippen LogP) is 2.13. The molecule has 5 heteroatoms. The molecule has 2 rings (SSSR count). The number of aromatic nitrogens is 1. The molecule has 0 atom stereocenters. The number of carbonyl (C=O) groups is 1. The lowest BCUT2D eigenvalue weighted by molar-refractivity contribution is -0.119. The maximum atomic E-state index is 11.3.